The van der Waals surface area contributed by atoms with Crippen molar-refractivity contribution in [3.63, 3.8) is 0 Å². The van der Waals surface area contributed by atoms with Gasteiger partial charge in [-0.3, -0.25) is 0 Å². The van der Waals surface area contributed by atoms with Crippen LogP contribution in [0.2, 0.25) is 0 Å². The lowest BCUT2D eigenvalue weighted by Gasteiger charge is -2.03. The lowest BCUT2D eigenvalue weighted by molar-refractivity contribution is 0.403. The Morgan fingerprint density at radius 1 is 1.05 bits per heavy atom. The number of rotatable bonds is 2. The molecule has 0 aliphatic carbocycles. The first-order valence-corrected chi connectivity index (χ1v) is 5.81. The molecule has 19 heavy (non-hydrogen) atoms. The Balaban J connectivity index is 2.42. The van der Waals surface area contributed by atoms with Crippen molar-refractivity contribution in [2.75, 3.05) is 0 Å². The highest BCUT2D eigenvalue weighted by Crippen LogP contribution is 2.28. The van der Waals surface area contributed by atoms with E-state index in [0.29, 0.717) is 11.1 Å². The number of phenols is 2. The van der Waals surface area contributed by atoms with Gasteiger partial charge in [-0.05, 0) is 42.3 Å². The second kappa shape index (κ2) is 5.28. The number of benzene rings is 2. The van der Waals surface area contributed by atoms with Crippen molar-refractivity contribution in [2.45, 2.75) is 6.92 Å². The van der Waals surface area contributed by atoms with Crippen LogP contribution in [0.15, 0.2) is 42.5 Å². The van der Waals surface area contributed by atoms with Crippen molar-refractivity contribution in [3.05, 3.63) is 59.2 Å². The van der Waals surface area contributed by atoms with Crippen LogP contribution in [-0.2, 0) is 0 Å². The van der Waals surface area contributed by atoms with E-state index in [4.69, 9.17) is 0 Å². The number of phenolic OH excluding ortho intramolecular Hbond substituents is 2. The molecule has 0 amide bonds. The second-order valence-electron chi connectivity index (χ2n) is 4.28. The smallest absolute Gasteiger partial charge is 0.158 e. The molecule has 0 saturated carbocycles. The molecular formula is C16H13NO2. The zero-order valence-corrected chi connectivity index (χ0v) is 10.5. The van der Waals surface area contributed by atoms with E-state index in [1.807, 2.05) is 31.2 Å². The van der Waals surface area contributed by atoms with Crippen molar-refractivity contribution in [1.29, 1.82) is 5.26 Å². The Morgan fingerprint density at radius 2 is 1.74 bits per heavy atom. The molecule has 2 aromatic carbocycles. The first-order valence-electron chi connectivity index (χ1n) is 5.81. The quantitative estimate of drug-likeness (QED) is 0.488. The Bertz CT molecular complexity index is 664. The molecule has 0 heterocycles. The molecule has 0 radical (unpaired) electrons. The van der Waals surface area contributed by atoms with Gasteiger partial charge in [-0.1, -0.05) is 29.8 Å². The standard InChI is InChI=1S/C16H13NO2/c1-11-2-4-12(5-3-11)8-14(10-17)13-6-7-15(18)16(19)9-13/h2-9,18-19H,1H3. The molecule has 2 rings (SSSR count). The molecule has 3 nitrogen and oxygen atoms in total. The van der Waals surface area contributed by atoms with Crippen molar-refractivity contribution in [1.82, 2.24) is 0 Å². The Kier molecular flexibility index (Phi) is 3.53. The van der Waals surface area contributed by atoms with Gasteiger partial charge in [0.05, 0.1) is 11.6 Å². The van der Waals surface area contributed by atoms with Crippen molar-refractivity contribution >= 4 is 11.6 Å². The van der Waals surface area contributed by atoms with E-state index in [9.17, 15) is 15.5 Å². The molecule has 0 aliphatic heterocycles. The second-order valence-corrected chi connectivity index (χ2v) is 4.28. The van der Waals surface area contributed by atoms with Crippen LogP contribution in [0.3, 0.4) is 0 Å². The Hall–Kier alpha value is -2.73. The molecule has 2 aromatic rings. The zero-order valence-electron chi connectivity index (χ0n) is 10.5. The minimum absolute atomic E-state index is 0.198. The van der Waals surface area contributed by atoms with Gasteiger partial charge in [0.1, 0.15) is 0 Å². The van der Waals surface area contributed by atoms with Gasteiger partial charge in [-0.25, -0.2) is 0 Å². The maximum atomic E-state index is 9.46. The third-order valence-electron chi connectivity index (χ3n) is 2.80. The maximum Gasteiger partial charge on any atom is 0.158 e. The van der Waals surface area contributed by atoms with Crippen LogP contribution in [-0.4, -0.2) is 10.2 Å². The maximum absolute atomic E-state index is 9.46. The molecule has 0 atom stereocenters. The summed E-state index contributed by atoms with van der Waals surface area (Å²) in [4.78, 5) is 0. The highest BCUT2D eigenvalue weighted by molar-refractivity contribution is 5.90. The summed E-state index contributed by atoms with van der Waals surface area (Å²) in [6.07, 6.45) is 1.74. The highest BCUT2D eigenvalue weighted by Gasteiger charge is 2.05. The average Bonchev–Trinajstić information content (AvgIpc) is 2.41. The minimum atomic E-state index is -0.234. The fourth-order valence-electron chi connectivity index (χ4n) is 1.70. The third-order valence-corrected chi connectivity index (χ3v) is 2.80. The van der Waals surface area contributed by atoms with E-state index in [0.717, 1.165) is 11.1 Å². The number of allylic oxidation sites excluding steroid dienone is 1. The third kappa shape index (κ3) is 2.93. The van der Waals surface area contributed by atoms with Gasteiger partial charge in [0.25, 0.3) is 0 Å². The van der Waals surface area contributed by atoms with Gasteiger partial charge in [0, 0.05) is 0 Å². The lowest BCUT2D eigenvalue weighted by Crippen LogP contribution is -1.83. The number of nitrogens with zero attached hydrogens (tertiary/aromatic N) is 1. The SMILES string of the molecule is Cc1ccc(C=C(C#N)c2ccc(O)c(O)c2)cc1. The molecule has 0 unspecified atom stereocenters. The summed E-state index contributed by atoms with van der Waals surface area (Å²) < 4.78 is 0. The van der Waals surface area contributed by atoms with Crippen LogP contribution in [0.4, 0.5) is 0 Å². The number of hydrogen-bond acceptors (Lipinski definition) is 3. The van der Waals surface area contributed by atoms with E-state index in [1.54, 1.807) is 12.1 Å². The predicted molar refractivity (Wildman–Crippen MR) is 74.4 cm³/mol. The van der Waals surface area contributed by atoms with Crippen molar-refractivity contribution < 1.29 is 10.2 Å². The van der Waals surface area contributed by atoms with Gasteiger partial charge < -0.3 is 10.2 Å². The van der Waals surface area contributed by atoms with Crippen LogP contribution in [0.5, 0.6) is 11.5 Å². The number of aromatic hydroxyl groups is 2. The van der Waals surface area contributed by atoms with Crippen LogP contribution < -0.4 is 0 Å². The Labute approximate surface area is 111 Å². The number of aryl methyl sites for hydroxylation is 1. The molecule has 2 N–H and O–H groups in total. The molecule has 0 bridgehead atoms. The fourth-order valence-corrected chi connectivity index (χ4v) is 1.70. The molecule has 0 saturated heterocycles. The highest BCUT2D eigenvalue weighted by atomic mass is 16.3. The van der Waals surface area contributed by atoms with E-state index < -0.39 is 0 Å². The van der Waals surface area contributed by atoms with Crippen LogP contribution in [0.25, 0.3) is 11.6 Å². The molecule has 94 valence electrons. The first-order chi connectivity index (χ1) is 9.10. The van der Waals surface area contributed by atoms with Crippen LogP contribution >= 0.6 is 0 Å². The topological polar surface area (TPSA) is 64.2 Å². The number of nitriles is 1. The van der Waals surface area contributed by atoms with E-state index in [1.165, 1.54) is 12.1 Å². The van der Waals surface area contributed by atoms with Gasteiger partial charge in [-0.15, -0.1) is 0 Å². The van der Waals surface area contributed by atoms with Gasteiger partial charge in [-0.2, -0.15) is 5.26 Å². The first kappa shape index (κ1) is 12.7. The molecule has 0 spiro atoms. The van der Waals surface area contributed by atoms with E-state index in [2.05, 4.69) is 6.07 Å². The lowest BCUT2D eigenvalue weighted by atomic mass is 10.0. The van der Waals surface area contributed by atoms with Gasteiger partial charge in [0.15, 0.2) is 11.5 Å². The van der Waals surface area contributed by atoms with Crippen molar-refractivity contribution in [2.24, 2.45) is 0 Å². The summed E-state index contributed by atoms with van der Waals surface area (Å²) in [6.45, 7) is 2.00. The summed E-state index contributed by atoms with van der Waals surface area (Å²) in [6, 6.07) is 14.2. The summed E-state index contributed by atoms with van der Waals surface area (Å²) in [5.74, 6) is -0.432. The molecule has 0 aliphatic rings. The van der Waals surface area contributed by atoms with E-state index in [-0.39, 0.29) is 11.5 Å². The summed E-state index contributed by atoms with van der Waals surface area (Å²) >= 11 is 0. The van der Waals surface area contributed by atoms with Gasteiger partial charge in [0.2, 0.25) is 0 Å². The van der Waals surface area contributed by atoms with Crippen molar-refractivity contribution in [3.8, 4) is 17.6 Å². The van der Waals surface area contributed by atoms with Gasteiger partial charge >= 0.3 is 0 Å². The molecule has 3 heteroatoms. The Morgan fingerprint density at radius 3 is 2.32 bits per heavy atom. The molecular weight excluding hydrogens is 238 g/mol. The number of hydrogen-bond donors (Lipinski definition) is 2. The summed E-state index contributed by atoms with van der Waals surface area (Å²) in [5.41, 5.74) is 3.06. The zero-order chi connectivity index (χ0) is 13.8. The fraction of sp³-hybridized carbons (Fsp3) is 0.0625. The van der Waals surface area contributed by atoms with Crippen LogP contribution in [0, 0.1) is 18.3 Å². The molecule has 0 aromatic heterocycles. The van der Waals surface area contributed by atoms with E-state index >= 15 is 0 Å². The largest absolute Gasteiger partial charge is 0.504 e. The average molecular weight is 251 g/mol. The summed E-state index contributed by atoms with van der Waals surface area (Å²) in [7, 11) is 0. The normalized spacial score (nSPS) is 11.1. The monoisotopic (exact) mass is 251 g/mol. The van der Waals surface area contributed by atoms with Crippen LogP contribution in [0.1, 0.15) is 16.7 Å². The minimum Gasteiger partial charge on any atom is -0.504 e. The predicted octanol–water partition coefficient (Wildman–Crippen LogP) is 3.47. The summed E-state index contributed by atoms with van der Waals surface area (Å²) in [5, 5.41) is 27.9. The molecule has 0 fully saturated rings.